The zero-order chi connectivity index (χ0) is 21.9. The number of hydrogen-bond acceptors (Lipinski definition) is 4. The molecule has 0 radical (unpaired) electrons. The number of nitrogens with one attached hydrogen (secondary N) is 1. The molecule has 1 aliphatic rings. The number of ether oxygens (including phenoxy) is 1. The first kappa shape index (κ1) is 20.2. The zero-order valence-electron chi connectivity index (χ0n) is 17.6. The smallest absolute Gasteiger partial charge is 0.174 e. The normalized spacial score (nSPS) is 17.9. The molecule has 1 N–H and O–H groups in total. The molecule has 1 saturated heterocycles. The van der Waals surface area contributed by atoms with E-state index in [1.807, 2.05) is 60.9 Å². The van der Waals surface area contributed by atoms with E-state index < -0.39 is 0 Å². The number of methoxy groups -OCH3 is 1. The third kappa shape index (κ3) is 3.71. The molecule has 0 bridgehead atoms. The van der Waals surface area contributed by atoms with E-state index in [2.05, 4.69) is 49.1 Å². The Balaban J connectivity index is 1.63. The van der Waals surface area contributed by atoms with Crippen molar-refractivity contribution in [2.75, 3.05) is 12.0 Å². The van der Waals surface area contributed by atoms with Crippen molar-refractivity contribution in [2.45, 2.75) is 18.6 Å². The van der Waals surface area contributed by atoms with Crippen LogP contribution < -0.4 is 15.0 Å². The van der Waals surface area contributed by atoms with Gasteiger partial charge in [0.1, 0.15) is 11.8 Å². The SMILES string of the molecule is COc1ccccc1N1C(=S)N[C@H](c2ccccn2)[C@H]1c1cccn1Cc1cccnc1. The van der Waals surface area contributed by atoms with Crippen LogP contribution >= 0.6 is 12.2 Å². The molecule has 0 amide bonds. The first-order chi connectivity index (χ1) is 15.8. The highest BCUT2D eigenvalue weighted by molar-refractivity contribution is 7.80. The molecular weight excluding hydrogens is 418 g/mol. The lowest BCUT2D eigenvalue weighted by Gasteiger charge is -2.30. The zero-order valence-corrected chi connectivity index (χ0v) is 18.4. The van der Waals surface area contributed by atoms with E-state index in [0.29, 0.717) is 11.7 Å². The molecule has 1 fully saturated rings. The lowest BCUT2D eigenvalue weighted by molar-refractivity contribution is 0.414. The fourth-order valence-corrected chi connectivity index (χ4v) is 4.61. The second kappa shape index (κ2) is 8.80. The molecule has 7 heteroatoms. The molecule has 4 aromatic rings. The maximum atomic E-state index is 5.84. The Hall–Kier alpha value is -3.71. The summed E-state index contributed by atoms with van der Waals surface area (Å²) in [5, 5.41) is 4.16. The van der Waals surface area contributed by atoms with Crippen molar-refractivity contribution >= 4 is 23.0 Å². The van der Waals surface area contributed by atoms with Crippen LogP contribution in [0.2, 0.25) is 0 Å². The van der Waals surface area contributed by atoms with Gasteiger partial charge < -0.3 is 19.5 Å². The summed E-state index contributed by atoms with van der Waals surface area (Å²) in [5.74, 6) is 0.772. The van der Waals surface area contributed by atoms with Crippen LogP contribution in [0, 0.1) is 0 Å². The summed E-state index contributed by atoms with van der Waals surface area (Å²) >= 11 is 5.84. The predicted molar refractivity (Wildman–Crippen MR) is 129 cm³/mol. The lowest BCUT2D eigenvalue weighted by atomic mass is 10.0. The van der Waals surface area contributed by atoms with Crippen LogP contribution in [0.15, 0.2) is 91.5 Å². The topological polar surface area (TPSA) is 55.2 Å². The molecule has 3 aromatic heterocycles. The standard InChI is InChI=1S/C25H23N5OS/c1-31-22-12-3-2-10-20(22)30-24(23(28-25(30)32)19-9-4-5-14-27-19)21-11-7-15-29(21)17-18-8-6-13-26-16-18/h2-16,23-24H,17H2,1H3,(H,28,32)/t23-,24-/m1/s1. The third-order valence-electron chi connectivity index (χ3n) is 5.69. The largest absolute Gasteiger partial charge is 0.495 e. The Morgan fingerprint density at radius 1 is 1.00 bits per heavy atom. The molecule has 6 nitrogen and oxygen atoms in total. The number of thiocarbonyl (C=S) groups is 1. The van der Waals surface area contributed by atoms with E-state index in [4.69, 9.17) is 17.0 Å². The highest BCUT2D eigenvalue weighted by Gasteiger charge is 2.42. The minimum absolute atomic E-state index is 0.111. The van der Waals surface area contributed by atoms with Crippen LogP contribution in [0.4, 0.5) is 5.69 Å². The monoisotopic (exact) mass is 441 g/mol. The van der Waals surface area contributed by atoms with Gasteiger partial charge in [-0.2, -0.15) is 0 Å². The fraction of sp³-hybridized carbons (Fsp3) is 0.160. The number of aromatic nitrogens is 3. The van der Waals surface area contributed by atoms with Gasteiger partial charge in [-0.15, -0.1) is 0 Å². The van der Waals surface area contributed by atoms with Crippen molar-refractivity contribution in [1.29, 1.82) is 0 Å². The number of benzene rings is 1. The van der Waals surface area contributed by atoms with Crippen LogP contribution in [0.1, 0.15) is 29.0 Å². The van der Waals surface area contributed by atoms with Gasteiger partial charge >= 0.3 is 0 Å². The summed E-state index contributed by atoms with van der Waals surface area (Å²) in [6.45, 7) is 0.716. The predicted octanol–water partition coefficient (Wildman–Crippen LogP) is 4.51. The Bertz CT molecular complexity index is 1210. The molecule has 0 unspecified atom stereocenters. The number of anilines is 1. The third-order valence-corrected chi connectivity index (χ3v) is 6.00. The molecule has 4 heterocycles. The average molecular weight is 442 g/mol. The van der Waals surface area contributed by atoms with Gasteiger partial charge in [0.15, 0.2) is 5.11 Å². The van der Waals surface area contributed by atoms with Crippen molar-refractivity contribution in [3.8, 4) is 5.75 Å². The van der Waals surface area contributed by atoms with E-state index in [-0.39, 0.29) is 12.1 Å². The first-order valence-electron chi connectivity index (χ1n) is 10.4. The van der Waals surface area contributed by atoms with E-state index in [9.17, 15) is 0 Å². The molecule has 0 aliphatic carbocycles. The van der Waals surface area contributed by atoms with Gasteiger partial charge in [-0.3, -0.25) is 9.97 Å². The van der Waals surface area contributed by atoms with Gasteiger partial charge in [0, 0.05) is 37.0 Å². The summed E-state index contributed by atoms with van der Waals surface area (Å²) in [4.78, 5) is 11.1. The summed E-state index contributed by atoms with van der Waals surface area (Å²) in [7, 11) is 1.68. The second-order valence-corrected chi connectivity index (χ2v) is 7.98. The van der Waals surface area contributed by atoms with Crippen LogP contribution in [0.3, 0.4) is 0 Å². The molecule has 5 rings (SSSR count). The van der Waals surface area contributed by atoms with Gasteiger partial charge in [-0.05, 0) is 60.2 Å². The average Bonchev–Trinajstić information content (AvgIpc) is 3.43. The van der Waals surface area contributed by atoms with Crippen LogP contribution in [0.5, 0.6) is 5.75 Å². The summed E-state index contributed by atoms with van der Waals surface area (Å²) in [6.07, 6.45) is 7.60. The minimum atomic E-state index is -0.115. The van der Waals surface area contributed by atoms with Crippen molar-refractivity contribution in [3.05, 3.63) is 108 Å². The van der Waals surface area contributed by atoms with Crippen molar-refractivity contribution < 1.29 is 4.74 Å². The van der Waals surface area contributed by atoms with Gasteiger partial charge in [0.25, 0.3) is 0 Å². The van der Waals surface area contributed by atoms with E-state index in [1.54, 1.807) is 13.3 Å². The van der Waals surface area contributed by atoms with Crippen molar-refractivity contribution in [1.82, 2.24) is 19.9 Å². The first-order valence-corrected chi connectivity index (χ1v) is 10.8. The number of rotatable bonds is 6. The summed E-state index contributed by atoms with van der Waals surface area (Å²) in [6, 6.07) is 22.0. The molecule has 1 aromatic carbocycles. The molecule has 160 valence electrons. The Labute approximate surface area is 192 Å². The molecule has 1 aliphatic heterocycles. The molecular formula is C25H23N5OS. The molecule has 0 saturated carbocycles. The Kier molecular flexibility index (Phi) is 5.56. The van der Waals surface area contributed by atoms with E-state index >= 15 is 0 Å². The Morgan fingerprint density at radius 2 is 1.88 bits per heavy atom. The van der Waals surface area contributed by atoms with Crippen molar-refractivity contribution in [3.63, 3.8) is 0 Å². The van der Waals surface area contributed by atoms with Crippen LogP contribution in [-0.4, -0.2) is 26.8 Å². The molecule has 0 spiro atoms. The summed E-state index contributed by atoms with van der Waals surface area (Å²) < 4.78 is 7.92. The van der Waals surface area contributed by atoms with Crippen LogP contribution in [0.25, 0.3) is 0 Å². The number of hydrogen-bond donors (Lipinski definition) is 1. The molecule has 32 heavy (non-hydrogen) atoms. The minimum Gasteiger partial charge on any atom is -0.495 e. The number of para-hydroxylation sites is 2. The molecule has 2 atom stereocenters. The highest BCUT2D eigenvalue weighted by Crippen LogP contribution is 2.44. The number of pyridine rings is 2. The highest BCUT2D eigenvalue weighted by atomic mass is 32.1. The van der Waals surface area contributed by atoms with Gasteiger partial charge in [0.05, 0.1) is 24.5 Å². The maximum absolute atomic E-state index is 5.84. The van der Waals surface area contributed by atoms with Gasteiger partial charge in [-0.1, -0.05) is 24.3 Å². The van der Waals surface area contributed by atoms with E-state index in [0.717, 1.165) is 28.4 Å². The lowest BCUT2D eigenvalue weighted by Crippen LogP contribution is -2.30. The maximum Gasteiger partial charge on any atom is 0.174 e. The Morgan fingerprint density at radius 3 is 2.66 bits per heavy atom. The number of nitrogens with zero attached hydrogens (tertiary/aromatic N) is 4. The van der Waals surface area contributed by atoms with Crippen LogP contribution in [-0.2, 0) is 6.54 Å². The van der Waals surface area contributed by atoms with Gasteiger partial charge in [-0.25, -0.2) is 0 Å². The summed E-state index contributed by atoms with van der Waals surface area (Å²) in [5.41, 5.74) is 4.12. The second-order valence-electron chi connectivity index (χ2n) is 7.59. The fourth-order valence-electron chi connectivity index (χ4n) is 4.27. The van der Waals surface area contributed by atoms with E-state index in [1.165, 1.54) is 0 Å². The quantitative estimate of drug-likeness (QED) is 0.444. The van der Waals surface area contributed by atoms with Crippen molar-refractivity contribution in [2.24, 2.45) is 0 Å². The van der Waals surface area contributed by atoms with Gasteiger partial charge in [0.2, 0.25) is 0 Å².